The largest absolute Gasteiger partial charge is 0.428 e. The van der Waals surface area contributed by atoms with Gasteiger partial charge in [-0.05, 0) is 0 Å². The molecule has 1 aliphatic heterocycles. The molecule has 1 rings (SSSR count). The van der Waals surface area contributed by atoms with Gasteiger partial charge in [-0.3, -0.25) is 0 Å². The maximum Gasteiger partial charge on any atom is 0.428 e. The summed E-state index contributed by atoms with van der Waals surface area (Å²) >= 11 is -1.64. The lowest BCUT2D eigenvalue weighted by Crippen LogP contribution is -2.61. The van der Waals surface area contributed by atoms with E-state index in [1.165, 1.54) is 0 Å². The molecule has 0 aromatic heterocycles. The van der Waals surface area contributed by atoms with Crippen molar-refractivity contribution in [2.45, 2.75) is 35.3 Å². The quantitative estimate of drug-likeness (QED) is 0.207. The van der Waals surface area contributed by atoms with Crippen LogP contribution in [0.2, 0.25) is 0 Å². The van der Waals surface area contributed by atoms with Crippen molar-refractivity contribution >= 4 is 22.1 Å². The molecule has 0 atom stereocenters. The number of halogens is 6. The zero-order valence-corrected chi connectivity index (χ0v) is 15.6. The molecule has 0 radical (unpaired) electrons. The van der Waals surface area contributed by atoms with Crippen LogP contribution in [0, 0.1) is 0 Å². The highest BCUT2D eigenvalue weighted by atomic mass is 32.2. The number of alkyl halides is 6. The van der Waals surface area contributed by atoms with Crippen LogP contribution in [-0.4, -0.2) is 79.2 Å². The van der Waals surface area contributed by atoms with E-state index in [2.05, 4.69) is 9.37 Å². The Morgan fingerprint density at radius 1 is 1.08 bits per heavy atom. The van der Waals surface area contributed by atoms with Crippen molar-refractivity contribution in [3.63, 3.8) is 0 Å². The normalized spacial score (nSPS) is 19.8. The summed E-state index contributed by atoms with van der Waals surface area (Å²) < 4.78 is 109. The molecule has 0 spiro atoms. The molecule has 1 N–H and O–H groups in total. The first-order valence-electron chi connectivity index (χ1n) is 7.12. The summed E-state index contributed by atoms with van der Waals surface area (Å²) in [5, 5.41) is -1.45. The Kier molecular flexibility index (Phi) is 6.93. The van der Waals surface area contributed by atoms with E-state index >= 15 is 0 Å². The van der Waals surface area contributed by atoms with Crippen molar-refractivity contribution in [2.75, 3.05) is 34.2 Å². The molecule has 0 aromatic carbocycles. The van der Waals surface area contributed by atoms with Crippen LogP contribution in [0.1, 0.15) is 12.8 Å². The lowest BCUT2D eigenvalue weighted by molar-refractivity contribution is -0.897. The minimum absolute atomic E-state index is 0.0806. The maximum absolute atomic E-state index is 14.0. The second-order valence-electron chi connectivity index (χ2n) is 6.59. The Morgan fingerprint density at radius 2 is 1.54 bits per heavy atom. The Morgan fingerprint density at radius 3 is 1.92 bits per heavy atom. The van der Waals surface area contributed by atoms with Crippen LogP contribution in [0.25, 0.3) is 0 Å². The molecule has 0 aliphatic carbocycles. The standard InChI is InChI=1S/C11H18F6N2O5S2/c1-19(2,3)8-4-6-18(7-5-8)26(21,22)11(16,17)9(12,13)10(14,15)25-24-23-20/h8H,4-7H2,1-3H3/p+1. The molecule has 156 valence electrons. The van der Waals surface area contributed by atoms with Gasteiger partial charge in [-0.25, -0.2) is 13.7 Å². The molecule has 0 amide bonds. The summed E-state index contributed by atoms with van der Waals surface area (Å²) in [7, 11) is -0.735. The minimum Gasteiger partial charge on any atom is -0.328 e. The zero-order chi connectivity index (χ0) is 20.6. The van der Waals surface area contributed by atoms with Crippen LogP contribution >= 0.6 is 12.0 Å². The minimum atomic E-state index is -6.35. The second-order valence-corrected chi connectivity index (χ2v) is 9.38. The number of rotatable bonds is 8. The van der Waals surface area contributed by atoms with E-state index in [0.29, 0.717) is 4.48 Å². The summed E-state index contributed by atoms with van der Waals surface area (Å²) in [6.45, 7) is -1.02. The van der Waals surface area contributed by atoms with Gasteiger partial charge in [-0.2, -0.15) is 30.6 Å². The van der Waals surface area contributed by atoms with Crippen LogP contribution in [-0.2, 0) is 19.4 Å². The Bertz CT molecular complexity index is 590. The van der Waals surface area contributed by atoms with Gasteiger partial charge in [0.15, 0.2) is 0 Å². The van der Waals surface area contributed by atoms with Gasteiger partial charge in [-0.15, -0.1) is 4.33 Å². The summed E-state index contributed by atoms with van der Waals surface area (Å²) in [5.41, 5.74) is 0. The zero-order valence-electron chi connectivity index (χ0n) is 14.0. The van der Waals surface area contributed by atoms with E-state index in [9.17, 15) is 34.8 Å². The third-order valence-electron chi connectivity index (χ3n) is 4.08. The number of quaternary nitrogens is 1. The summed E-state index contributed by atoms with van der Waals surface area (Å²) in [6.07, 6.45) is 0.188. The highest BCUT2D eigenvalue weighted by Crippen LogP contribution is 2.54. The van der Waals surface area contributed by atoms with Gasteiger partial charge in [-0.1, -0.05) is 5.04 Å². The molecule has 1 heterocycles. The topological polar surface area (TPSA) is 76.1 Å². The molecule has 26 heavy (non-hydrogen) atoms. The highest BCUT2D eigenvalue weighted by Gasteiger charge is 2.79. The third kappa shape index (κ3) is 4.23. The van der Waals surface area contributed by atoms with Gasteiger partial charge < -0.3 is 4.48 Å². The lowest BCUT2D eigenvalue weighted by atomic mass is 10.0. The molecule has 0 bridgehead atoms. The fourth-order valence-corrected chi connectivity index (χ4v) is 4.34. The summed E-state index contributed by atoms with van der Waals surface area (Å²) in [6, 6.07) is -0.109. The molecule has 0 aromatic rings. The molecule has 1 aliphatic rings. The van der Waals surface area contributed by atoms with E-state index in [-0.39, 0.29) is 23.2 Å². The number of sulfonamides is 1. The SMILES string of the molecule is C[N+](C)(C)C1CCN(S(=O)(=O)C(F)(F)C(F)(F)C(F)(F)SOOO)CC1. The Hall–Kier alpha value is -0.320. The smallest absolute Gasteiger partial charge is 0.328 e. The van der Waals surface area contributed by atoms with Crippen LogP contribution in [0.5, 0.6) is 0 Å². The fraction of sp³-hybridized carbons (Fsp3) is 1.00. The van der Waals surface area contributed by atoms with Gasteiger partial charge in [0, 0.05) is 25.9 Å². The molecular weight excluding hydrogens is 418 g/mol. The van der Waals surface area contributed by atoms with Crippen LogP contribution in [0.15, 0.2) is 0 Å². The molecular formula is C11H19F6N2O5S2+. The first kappa shape index (κ1) is 23.7. The van der Waals surface area contributed by atoms with Gasteiger partial charge in [0.2, 0.25) is 0 Å². The molecule has 0 unspecified atom stereocenters. The van der Waals surface area contributed by atoms with Crippen molar-refractivity contribution in [3.05, 3.63) is 0 Å². The van der Waals surface area contributed by atoms with Crippen molar-refractivity contribution in [2.24, 2.45) is 0 Å². The van der Waals surface area contributed by atoms with E-state index < -0.39 is 51.6 Å². The monoisotopic (exact) mass is 437 g/mol. The van der Waals surface area contributed by atoms with Crippen LogP contribution in [0.4, 0.5) is 26.3 Å². The Labute approximate surface area is 150 Å². The lowest BCUT2D eigenvalue weighted by Gasteiger charge is -2.41. The van der Waals surface area contributed by atoms with Gasteiger partial charge >= 0.3 is 16.4 Å². The van der Waals surface area contributed by atoms with Crippen molar-refractivity contribution in [3.8, 4) is 0 Å². The molecule has 0 saturated carbocycles. The third-order valence-corrected chi connectivity index (χ3v) is 6.63. The number of nitrogens with zero attached hydrogens (tertiary/aromatic N) is 2. The average molecular weight is 437 g/mol. The van der Waals surface area contributed by atoms with Crippen molar-refractivity contribution < 1.29 is 53.9 Å². The second kappa shape index (κ2) is 7.60. The van der Waals surface area contributed by atoms with Crippen LogP contribution in [0.3, 0.4) is 0 Å². The van der Waals surface area contributed by atoms with E-state index in [0.717, 1.165) is 0 Å². The van der Waals surface area contributed by atoms with Gasteiger partial charge in [0.05, 0.1) is 27.2 Å². The van der Waals surface area contributed by atoms with Crippen molar-refractivity contribution in [1.82, 2.24) is 4.31 Å². The van der Waals surface area contributed by atoms with E-state index in [4.69, 9.17) is 5.26 Å². The molecule has 7 nitrogen and oxygen atoms in total. The summed E-state index contributed by atoms with van der Waals surface area (Å²) in [5.74, 6) is -6.35. The number of piperidine rings is 1. The molecule has 1 fully saturated rings. The Balaban J connectivity index is 3.06. The fourth-order valence-electron chi connectivity index (χ4n) is 2.46. The average Bonchev–Trinajstić information content (AvgIpc) is 2.51. The first-order chi connectivity index (χ1) is 11.5. The van der Waals surface area contributed by atoms with Crippen LogP contribution < -0.4 is 0 Å². The van der Waals surface area contributed by atoms with E-state index in [1.807, 2.05) is 0 Å². The number of hydrogen-bond acceptors (Lipinski definition) is 6. The highest BCUT2D eigenvalue weighted by molar-refractivity contribution is 7.95. The summed E-state index contributed by atoms with van der Waals surface area (Å²) in [4.78, 5) is 0. The first-order valence-corrected chi connectivity index (χ1v) is 9.30. The predicted molar refractivity (Wildman–Crippen MR) is 78.8 cm³/mol. The molecule has 15 heteroatoms. The van der Waals surface area contributed by atoms with Gasteiger partial charge in [0.1, 0.15) is 12.0 Å². The number of hydrogen-bond donors (Lipinski definition) is 1. The predicted octanol–water partition coefficient (Wildman–Crippen LogP) is 2.38. The maximum atomic E-state index is 14.0. The van der Waals surface area contributed by atoms with Gasteiger partial charge in [0.25, 0.3) is 10.0 Å². The van der Waals surface area contributed by atoms with E-state index in [1.54, 1.807) is 21.1 Å². The van der Waals surface area contributed by atoms with Crippen molar-refractivity contribution in [1.29, 1.82) is 0 Å². The molecule has 1 saturated heterocycles.